The first kappa shape index (κ1) is 16.9. The maximum Gasteiger partial charge on any atom is 0.254 e. The van der Waals surface area contributed by atoms with Gasteiger partial charge in [0.1, 0.15) is 5.82 Å². The fraction of sp³-hybridized carbons (Fsp3) is 0.353. The van der Waals surface area contributed by atoms with Crippen molar-refractivity contribution in [2.45, 2.75) is 32.9 Å². The van der Waals surface area contributed by atoms with E-state index in [1.165, 1.54) is 0 Å². The van der Waals surface area contributed by atoms with Crippen molar-refractivity contribution in [1.29, 1.82) is 0 Å². The number of aromatic nitrogens is 2. The number of carbonyl (C=O) groups is 1. The zero-order valence-electron chi connectivity index (χ0n) is 13.6. The lowest BCUT2D eigenvalue weighted by Gasteiger charge is -2.28. The minimum Gasteiger partial charge on any atom is -0.392 e. The second kappa shape index (κ2) is 7.69. The first-order valence-electron chi connectivity index (χ1n) is 7.59. The molecule has 2 rings (SSSR count). The number of carbonyl (C=O) groups excluding carboxylic acids is 1. The summed E-state index contributed by atoms with van der Waals surface area (Å²) >= 11 is 0. The Morgan fingerprint density at radius 3 is 2.70 bits per heavy atom. The predicted octanol–water partition coefficient (Wildman–Crippen LogP) is 2.45. The molecule has 1 amide bonds. The van der Waals surface area contributed by atoms with Crippen molar-refractivity contribution in [2.75, 3.05) is 11.9 Å². The summed E-state index contributed by atoms with van der Waals surface area (Å²) in [7, 11) is 0. The van der Waals surface area contributed by atoms with E-state index in [2.05, 4.69) is 15.3 Å². The number of nitrogens with one attached hydrogen (secondary N) is 1. The summed E-state index contributed by atoms with van der Waals surface area (Å²) in [6.45, 7) is 5.84. The van der Waals surface area contributed by atoms with E-state index in [0.29, 0.717) is 17.9 Å². The van der Waals surface area contributed by atoms with Gasteiger partial charge in [0, 0.05) is 36.2 Å². The van der Waals surface area contributed by atoms with Crippen LogP contribution in [-0.2, 0) is 0 Å². The highest BCUT2D eigenvalue weighted by molar-refractivity contribution is 5.95. The molecule has 1 atom stereocenters. The maximum absolute atomic E-state index is 12.7. The lowest BCUT2D eigenvalue weighted by atomic mass is 10.1. The van der Waals surface area contributed by atoms with E-state index < -0.39 is 6.10 Å². The average molecular weight is 314 g/mol. The highest BCUT2D eigenvalue weighted by Crippen LogP contribution is 2.17. The van der Waals surface area contributed by atoms with E-state index in [1.807, 2.05) is 26.0 Å². The monoisotopic (exact) mass is 314 g/mol. The van der Waals surface area contributed by atoms with Gasteiger partial charge in [0.2, 0.25) is 0 Å². The van der Waals surface area contributed by atoms with Crippen molar-refractivity contribution in [3.63, 3.8) is 0 Å². The molecule has 122 valence electrons. The highest BCUT2D eigenvalue weighted by Gasteiger charge is 2.20. The molecule has 0 fully saturated rings. The Hall–Kier alpha value is -2.47. The number of benzene rings is 1. The molecule has 0 aliphatic heterocycles. The molecule has 0 radical (unpaired) electrons. The zero-order valence-corrected chi connectivity index (χ0v) is 13.6. The van der Waals surface area contributed by atoms with Crippen LogP contribution in [0.3, 0.4) is 0 Å². The molecule has 0 spiro atoms. The summed E-state index contributed by atoms with van der Waals surface area (Å²) in [6, 6.07) is 7.22. The minimum atomic E-state index is -0.567. The third-order valence-corrected chi connectivity index (χ3v) is 3.29. The number of nitrogens with zero attached hydrogens (tertiary/aromatic N) is 3. The normalized spacial score (nSPS) is 12.0. The van der Waals surface area contributed by atoms with Gasteiger partial charge in [0.05, 0.1) is 12.3 Å². The topological polar surface area (TPSA) is 78.4 Å². The van der Waals surface area contributed by atoms with Crippen LogP contribution >= 0.6 is 0 Å². The highest BCUT2D eigenvalue weighted by atomic mass is 16.3. The molecule has 0 bridgehead atoms. The molecule has 23 heavy (non-hydrogen) atoms. The van der Waals surface area contributed by atoms with Crippen LogP contribution in [-0.4, -0.2) is 44.6 Å². The average Bonchev–Trinajstić information content (AvgIpc) is 2.53. The zero-order chi connectivity index (χ0) is 16.8. The minimum absolute atomic E-state index is 0.00806. The summed E-state index contributed by atoms with van der Waals surface area (Å²) in [5.41, 5.74) is 1.32. The number of aliphatic hydroxyl groups excluding tert-OH is 1. The fourth-order valence-electron chi connectivity index (χ4n) is 2.22. The van der Waals surface area contributed by atoms with Crippen molar-refractivity contribution < 1.29 is 9.90 Å². The quantitative estimate of drug-likeness (QED) is 0.856. The Morgan fingerprint density at radius 2 is 2.09 bits per heavy atom. The van der Waals surface area contributed by atoms with Crippen molar-refractivity contribution in [3.05, 3.63) is 48.4 Å². The van der Waals surface area contributed by atoms with E-state index in [1.54, 1.807) is 42.5 Å². The van der Waals surface area contributed by atoms with Gasteiger partial charge in [-0.25, -0.2) is 4.98 Å². The molecule has 2 N–H and O–H groups in total. The second-order valence-corrected chi connectivity index (χ2v) is 5.70. The molecule has 0 aliphatic carbocycles. The fourth-order valence-corrected chi connectivity index (χ4v) is 2.22. The maximum atomic E-state index is 12.7. The number of aliphatic hydroxyl groups is 1. The van der Waals surface area contributed by atoms with Gasteiger partial charge in [-0.3, -0.25) is 9.78 Å². The Bertz CT molecular complexity index is 644. The second-order valence-electron chi connectivity index (χ2n) is 5.70. The molecule has 0 saturated carbocycles. The van der Waals surface area contributed by atoms with Gasteiger partial charge in [0.15, 0.2) is 0 Å². The number of hydrogen-bond donors (Lipinski definition) is 2. The van der Waals surface area contributed by atoms with Crippen molar-refractivity contribution >= 4 is 17.4 Å². The standard InChI is InChI=1S/C17H22N4O2/c1-12(2)21(11-13(3)22)17(23)14-5-4-6-15(9-14)20-16-10-18-7-8-19-16/h4-10,12-13,22H,11H2,1-3H3,(H,19,20). The number of anilines is 2. The molecule has 6 nitrogen and oxygen atoms in total. The van der Waals surface area contributed by atoms with Gasteiger partial charge in [-0.2, -0.15) is 0 Å². The third-order valence-electron chi connectivity index (χ3n) is 3.29. The molecular weight excluding hydrogens is 292 g/mol. The lowest BCUT2D eigenvalue weighted by molar-refractivity contribution is 0.0579. The molecule has 1 unspecified atom stereocenters. The van der Waals surface area contributed by atoms with Gasteiger partial charge in [-0.15, -0.1) is 0 Å². The molecule has 2 aromatic rings. The van der Waals surface area contributed by atoms with Crippen LogP contribution in [0, 0.1) is 0 Å². The molecular formula is C17H22N4O2. The van der Waals surface area contributed by atoms with Crippen LogP contribution in [0.4, 0.5) is 11.5 Å². The van der Waals surface area contributed by atoms with Gasteiger partial charge in [-0.1, -0.05) is 6.07 Å². The molecule has 1 aromatic carbocycles. The summed E-state index contributed by atoms with van der Waals surface area (Å²) in [5, 5.41) is 12.7. The van der Waals surface area contributed by atoms with Crippen LogP contribution in [0.1, 0.15) is 31.1 Å². The van der Waals surface area contributed by atoms with Crippen molar-refractivity contribution in [2.24, 2.45) is 0 Å². The van der Waals surface area contributed by atoms with Crippen LogP contribution in [0.25, 0.3) is 0 Å². The van der Waals surface area contributed by atoms with E-state index >= 15 is 0 Å². The largest absolute Gasteiger partial charge is 0.392 e. The SMILES string of the molecule is CC(O)CN(C(=O)c1cccc(Nc2cnccn2)c1)C(C)C. The molecule has 0 saturated heterocycles. The Kier molecular flexibility index (Phi) is 5.65. The van der Waals surface area contributed by atoms with Gasteiger partial charge < -0.3 is 15.3 Å². The van der Waals surface area contributed by atoms with E-state index in [9.17, 15) is 9.90 Å². The molecule has 1 heterocycles. The Balaban J connectivity index is 2.19. The van der Waals surface area contributed by atoms with Gasteiger partial charge >= 0.3 is 0 Å². The number of rotatable bonds is 6. The van der Waals surface area contributed by atoms with E-state index in [4.69, 9.17) is 0 Å². The Labute approximate surface area is 136 Å². The van der Waals surface area contributed by atoms with Crippen molar-refractivity contribution in [3.8, 4) is 0 Å². The third kappa shape index (κ3) is 4.75. The first-order valence-corrected chi connectivity index (χ1v) is 7.59. The summed E-state index contributed by atoms with van der Waals surface area (Å²) in [6.07, 6.45) is 4.24. The Morgan fingerprint density at radius 1 is 1.30 bits per heavy atom. The van der Waals surface area contributed by atoms with Gasteiger partial charge in [0.25, 0.3) is 5.91 Å². The molecule has 0 aliphatic rings. The first-order chi connectivity index (χ1) is 11.0. The van der Waals surface area contributed by atoms with Gasteiger partial charge in [-0.05, 0) is 39.0 Å². The lowest BCUT2D eigenvalue weighted by Crippen LogP contribution is -2.41. The smallest absolute Gasteiger partial charge is 0.254 e. The summed E-state index contributed by atoms with van der Waals surface area (Å²) < 4.78 is 0. The predicted molar refractivity (Wildman–Crippen MR) is 89.6 cm³/mol. The van der Waals surface area contributed by atoms with Crippen LogP contribution in [0.15, 0.2) is 42.9 Å². The van der Waals surface area contributed by atoms with E-state index in [-0.39, 0.29) is 11.9 Å². The van der Waals surface area contributed by atoms with Crippen LogP contribution in [0.5, 0.6) is 0 Å². The number of amides is 1. The number of hydrogen-bond acceptors (Lipinski definition) is 5. The van der Waals surface area contributed by atoms with E-state index in [0.717, 1.165) is 5.69 Å². The summed E-state index contributed by atoms with van der Waals surface area (Å²) in [5.74, 6) is 0.505. The van der Waals surface area contributed by atoms with Crippen LogP contribution in [0.2, 0.25) is 0 Å². The van der Waals surface area contributed by atoms with Crippen molar-refractivity contribution in [1.82, 2.24) is 14.9 Å². The molecule has 6 heteroatoms. The summed E-state index contributed by atoms with van der Waals surface area (Å²) in [4.78, 5) is 22.5. The molecule has 1 aromatic heterocycles. The van der Waals surface area contributed by atoms with Crippen LogP contribution < -0.4 is 5.32 Å².